The summed E-state index contributed by atoms with van der Waals surface area (Å²) in [7, 11) is 0. The Kier molecular flexibility index (Phi) is 3.28. The molecular weight excluding hydrogens is 182 g/mol. The average molecular weight is 197 g/mol. The SMILES string of the molecule is CC(=O)NC1(C/C=C/C(=O)O)CCC1. The van der Waals surface area contributed by atoms with Crippen LogP contribution in [0.1, 0.15) is 32.6 Å². The Morgan fingerprint density at radius 3 is 2.50 bits per heavy atom. The second-order valence-electron chi connectivity index (χ2n) is 3.76. The van der Waals surface area contributed by atoms with Crippen molar-refractivity contribution in [3.63, 3.8) is 0 Å². The van der Waals surface area contributed by atoms with Crippen molar-refractivity contribution in [3.05, 3.63) is 12.2 Å². The monoisotopic (exact) mass is 197 g/mol. The highest BCUT2D eigenvalue weighted by Crippen LogP contribution is 2.35. The molecule has 4 nitrogen and oxygen atoms in total. The first-order valence-corrected chi connectivity index (χ1v) is 4.72. The van der Waals surface area contributed by atoms with Gasteiger partial charge in [-0.1, -0.05) is 6.08 Å². The summed E-state index contributed by atoms with van der Waals surface area (Å²) in [5.41, 5.74) is -0.169. The predicted molar refractivity (Wildman–Crippen MR) is 51.8 cm³/mol. The molecule has 1 aliphatic carbocycles. The van der Waals surface area contributed by atoms with Gasteiger partial charge in [0.15, 0.2) is 0 Å². The molecule has 0 aliphatic heterocycles. The van der Waals surface area contributed by atoms with Gasteiger partial charge in [-0.2, -0.15) is 0 Å². The highest BCUT2D eigenvalue weighted by atomic mass is 16.4. The largest absolute Gasteiger partial charge is 0.478 e. The molecule has 1 rings (SSSR count). The fourth-order valence-electron chi connectivity index (χ4n) is 1.74. The maximum Gasteiger partial charge on any atom is 0.327 e. The molecule has 0 aromatic heterocycles. The number of rotatable bonds is 4. The van der Waals surface area contributed by atoms with E-state index in [0.717, 1.165) is 25.3 Å². The van der Waals surface area contributed by atoms with Gasteiger partial charge in [0.1, 0.15) is 0 Å². The van der Waals surface area contributed by atoms with E-state index >= 15 is 0 Å². The summed E-state index contributed by atoms with van der Waals surface area (Å²) in [6.07, 6.45) is 6.33. The minimum Gasteiger partial charge on any atom is -0.478 e. The molecule has 2 N–H and O–H groups in total. The van der Waals surface area contributed by atoms with Crippen molar-refractivity contribution in [1.82, 2.24) is 5.32 Å². The number of carboxylic acid groups (broad SMARTS) is 1. The van der Waals surface area contributed by atoms with Crippen LogP contribution in [0.5, 0.6) is 0 Å². The Hall–Kier alpha value is -1.32. The van der Waals surface area contributed by atoms with Crippen molar-refractivity contribution in [2.45, 2.75) is 38.1 Å². The zero-order valence-electron chi connectivity index (χ0n) is 8.25. The lowest BCUT2D eigenvalue weighted by atomic mass is 9.74. The molecule has 14 heavy (non-hydrogen) atoms. The van der Waals surface area contributed by atoms with E-state index in [9.17, 15) is 9.59 Å². The van der Waals surface area contributed by atoms with Gasteiger partial charge < -0.3 is 10.4 Å². The van der Waals surface area contributed by atoms with Gasteiger partial charge in [-0.15, -0.1) is 0 Å². The summed E-state index contributed by atoms with van der Waals surface area (Å²) >= 11 is 0. The van der Waals surface area contributed by atoms with E-state index in [-0.39, 0.29) is 11.4 Å². The van der Waals surface area contributed by atoms with Crippen LogP contribution in [0.15, 0.2) is 12.2 Å². The van der Waals surface area contributed by atoms with Crippen molar-refractivity contribution in [1.29, 1.82) is 0 Å². The first kappa shape index (κ1) is 10.8. The number of carboxylic acids is 1. The van der Waals surface area contributed by atoms with Gasteiger partial charge in [-0.25, -0.2) is 4.79 Å². The summed E-state index contributed by atoms with van der Waals surface area (Å²) in [6.45, 7) is 1.49. The lowest BCUT2D eigenvalue weighted by molar-refractivity contribution is -0.131. The van der Waals surface area contributed by atoms with E-state index in [1.165, 1.54) is 6.92 Å². The van der Waals surface area contributed by atoms with E-state index < -0.39 is 5.97 Å². The molecule has 78 valence electrons. The molecule has 0 heterocycles. The van der Waals surface area contributed by atoms with E-state index in [2.05, 4.69) is 5.32 Å². The van der Waals surface area contributed by atoms with Crippen molar-refractivity contribution in [3.8, 4) is 0 Å². The van der Waals surface area contributed by atoms with E-state index in [4.69, 9.17) is 5.11 Å². The molecule has 0 spiro atoms. The van der Waals surface area contributed by atoms with Gasteiger partial charge in [-0.05, 0) is 25.7 Å². The smallest absolute Gasteiger partial charge is 0.327 e. The van der Waals surface area contributed by atoms with Crippen LogP contribution in [-0.4, -0.2) is 22.5 Å². The van der Waals surface area contributed by atoms with Gasteiger partial charge in [0.05, 0.1) is 0 Å². The molecule has 0 saturated heterocycles. The molecule has 0 bridgehead atoms. The van der Waals surface area contributed by atoms with Crippen molar-refractivity contribution >= 4 is 11.9 Å². The molecule has 1 amide bonds. The molecule has 1 fully saturated rings. The normalized spacial score (nSPS) is 18.9. The number of carbonyl (C=O) groups is 2. The standard InChI is InChI=1S/C10H15NO3/c1-8(12)11-10(6-3-7-10)5-2-4-9(13)14/h2,4H,3,5-7H2,1H3,(H,11,12)(H,13,14)/b4-2+. The minimum atomic E-state index is -0.942. The van der Waals surface area contributed by atoms with Crippen LogP contribution in [-0.2, 0) is 9.59 Å². The lowest BCUT2D eigenvalue weighted by Crippen LogP contribution is -2.52. The Morgan fingerprint density at radius 2 is 2.14 bits per heavy atom. The molecular formula is C10H15NO3. The zero-order chi connectivity index (χ0) is 10.6. The second kappa shape index (κ2) is 4.26. The van der Waals surface area contributed by atoms with Crippen molar-refractivity contribution in [2.75, 3.05) is 0 Å². The van der Waals surface area contributed by atoms with Crippen molar-refractivity contribution in [2.24, 2.45) is 0 Å². The maximum atomic E-state index is 10.9. The molecule has 0 atom stereocenters. The first-order chi connectivity index (χ1) is 6.54. The fraction of sp³-hybridized carbons (Fsp3) is 0.600. The number of hydrogen-bond acceptors (Lipinski definition) is 2. The van der Waals surface area contributed by atoms with Crippen LogP contribution in [0.25, 0.3) is 0 Å². The third-order valence-electron chi connectivity index (χ3n) is 2.52. The average Bonchev–Trinajstić information content (AvgIpc) is 1.98. The number of carbonyl (C=O) groups excluding carboxylic acids is 1. The fourth-order valence-corrected chi connectivity index (χ4v) is 1.74. The minimum absolute atomic E-state index is 0.0478. The van der Waals surface area contributed by atoms with Gasteiger partial charge in [-0.3, -0.25) is 4.79 Å². The van der Waals surface area contributed by atoms with Crippen LogP contribution in [0.4, 0.5) is 0 Å². The molecule has 0 unspecified atom stereocenters. The van der Waals surface area contributed by atoms with Crippen LogP contribution >= 0.6 is 0 Å². The number of nitrogens with one attached hydrogen (secondary N) is 1. The highest BCUT2D eigenvalue weighted by molar-refractivity contribution is 5.79. The van der Waals surface area contributed by atoms with Gasteiger partial charge >= 0.3 is 5.97 Å². The third-order valence-corrected chi connectivity index (χ3v) is 2.52. The van der Waals surface area contributed by atoms with Gasteiger partial charge in [0.25, 0.3) is 0 Å². The molecule has 0 aromatic carbocycles. The Labute approximate surface area is 83.0 Å². The van der Waals surface area contributed by atoms with Gasteiger partial charge in [0, 0.05) is 18.5 Å². The quantitative estimate of drug-likeness (QED) is 0.662. The Bertz CT molecular complexity index is 267. The Balaban J connectivity index is 2.45. The molecule has 0 aromatic rings. The number of hydrogen-bond donors (Lipinski definition) is 2. The second-order valence-corrected chi connectivity index (χ2v) is 3.76. The van der Waals surface area contributed by atoms with Crippen LogP contribution in [0, 0.1) is 0 Å². The summed E-state index contributed by atoms with van der Waals surface area (Å²) in [4.78, 5) is 21.1. The van der Waals surface area contributed by atoms with E-state index in [1.807, 2.05) is 0 Å². The van der Waals surface area contributed by atoms with E-state index in [0.29, 0.717) is 6.42 Å². The molecule has 1 aliphatic rings. The third kappa shape index (κ3) is 2.87. The summed E-state index contributed by atoms with van der Waals surface area (Å²) < 4.78 is 0. The topological polar surface area (TPSA) is 66.4 Å². The zero-order valence-corrected chi connectivity index (χ0v) is 8.25. The first-order valence-electron chi connectivity index (χ1n) is 4.72. The number of amides is 1. The summed E-state index contributed by atoms with van der Waals surface area (Å²) in [5, 5.41) is 11.3. The van der Waals surface area contributed by atoms with Crippen LogP contribution < -0.4 is 5.32 Å². The van der Waals surface area contributed by atoms with E-state index in [1.54, 1.807) is 6.08 Å². The molecule has 0 radical (unpaired) electrons. The summed E-state index contributed by atoms with van der Waals surface area (Å²) in [5.74, 6) is -0.990. The summed E-state index contributed by atoms with van der Waals surface area (Å²) in [6, 6.07) is 0. The maximum absolute atomic E-state index is 10.9. The number of aliphatic carboxylic acids is 1. The van der Waals surface area contributed by atoms with Crippen molar-refractivity contribution < 1.29 is 14.7 Å². The lowest BCUT2D eigenvalue weighted by Gasteiger charge is -2.41. The van der Waals surface area contributed by atoms with Crippen LogP contribution in [0.3, 0.4) is 0 Å². The van der Waals surface area contributed by atoms with Crippen LogP contribution in [0.2, 0.25) is 0 Å². The molecule has 4 heteroatoms. The predicted octanol–water partition coefficient (Wildman–Crippen LogP) is 1.08. The molecule has 1 saturated carbocycles. The highest BCUT2D eigenvalue weighted by Gasteiger charge is 2.36. The van der Waals surface area contributed by atoms with Gasteiger partial charge in [0.2, 0.25) is 5.91 Å². The Morgan fingerprint density at radius 1 is 1.50 bits per heavy atom.